The van der Waals surface area contributed by atoms with Crippen LogP contribution >= 0.6 is 0 Å². The normalized spacial score (nSPS) is 11.2. The number of nitrogens with two attached hydrogens (primary N) is 2. The van der Waals surface area contributed by atoms with Crippen molar-refractivity contribution in [3.63, 3.8) is 0 Å². The first-order valence-corrected chi connectivity index (χ1v) is 27.7. The SMILES string of the molecule is CCCCCCCCCCN(CC(N)=O)C(=O)CN(CCCCCCCCCC)C(=O)CN(CCCCCCCCCC)C(=O)CN(CCCCCCCCCC)C(=O)CCCCCN. The topological polar surface area (TPSA) is 150 Å². The average Bonchev–Trinajstić information content (AvgIpc) is 3.29. The summed E-state index contributed by atoms with van der Waals surface area (Å²) < 4.78 is 0. The van der Waals surface area contributed by atoms with Crippen molar-refractivity contribution in [2.45, 2.75) is 259 Å². The molecule has 0 atom stereocenters. The molecule has 65 heavy (non-hydrogen) atoms. The van der Waals surface area contributed by atoms with Gasteiger partial charge >= 0.3 is 0 Å². The maximum absolute atomic E-state index is 14.5. The molecule has 0 radical (unpaired) electrons. The van der Waals surface area contributed by atoms with Crippen LogP contribution in [0.15, 0.2) is 0 Å². The summed E-state index contributed by atoms with van der Waals surface area (Å²) >= 11 is 0. The molecule has 0 bridgehead atoms. The molecule has 0 fully saturated rings. The molecule has 0 aliphatic rings. The van der Waals surface area contributed by atoms with Crippen molar-refractivity contribution >= 4 is 29.5 Å². The van der Waals surface area contributed by atoms with Gasteiger partial charge in [0.1, 0.15) is 0 Å². The molecular weight excluding hydrogens is 813 g/mol. The van der Waals surface area contributed by atoms with E-state index >= 15 is 0 Å². The molecule has 11 nitrogen and oxygen atoms in total. The minimum atomic E-state index is -0.563. The fraction of sp³-hybridized carbons (Fsp3) is 0.907. The second-order valence-corrected chi connectivity index (χ2v) is 19.2. The average molecular weight is 919 g/mol. The molecule has 0 unspecified atom stereocenters. The van der Waals surface area contributed by atoms with Crippen LogP contribution in [0.5, 0.6) is 0 Å². The van der Waals surface area contributed by atoms with Crippen molar-refractivity contribution in [3.8, 4) is 0 Å². The van der Waals surface area contributed by atoms with Crippen LogP contribution in [-0.4, -0.2) is 108 Å². The van der Waals surface area contributed by atoms with Gasteiger partial charge in [0.05, 0.1) is 26.2 Å². The third kappa shape index (κ3) is 38.0. The Morgan fingerprint density at radius 2 is 0.523 bits per heavy atom. The van der Waals surface area contributed by atoms with Crippen molar-refractivity contribution in [2.24, 2.45) is 11.5 Å². The third-order valence-electron chi connectivity index (χ3n) is 13.0. The third-order valence-corrected chi connectivity index (χ3v) is 13.0. The van der Waals surface area contributed by atoms with E-state index in [1.807, 2.05) is 0 Å². The van der Waals surface area contributed by atoms with Crippen LogP contribution in [0.3, 0.4) is 0 Å². The Morgan fingerprint density at radius 1 is 0.292 bits per heavy atom. The van der Waals surface area contributed by atoms with E-state index in [1.165, 1.54) is 120 Å². The molecule has 0 saturated carbocycles. The van der Waals surface area contributed by atoms with Gasteiger partial charge in [-0.05, 0) is 45.1 Å². The Labute approximate surface area is 401 Å². The molecule has 0 aliphatic heterocycles. The van der Waals surface area contributed by atoms with Crippen LogP contribution < -0.4 is 11.5 Å². The Kier molecular flexibility index (Phi) is 44.5. The van der Waals surface area contributed by atoms with Gasteiger partial charge in [-0.2, -0.15) is 0 Å². The highest BCUT2D eigenvalue weighted by molar-refractivity contribution is 5.91. The molecular formula is C54H106N6O5. The smallest absolute Gasteiger partial charge is 0.242 e. The molecule has 0 spiro atoms. The molecule has 4 N–H and O–H groups in total. The molecule has 0 rings (SSSR count). The first-order valence-electron chi connectivity index (χ1n) is 27.7. The van der Waals surface area contributed by atoms with Gasteiger partial charge in [-0.15, -0.1) is 0 Å². The molecule has 0 saturated heterocycles. The molecule has 5 amide bonds. The maximum Gasteiger partial charge on any atom is 0.242 e. The molecule has 11 heteroatoms. The lowest BCUT2D eigenvalue weighted by Gasteiger charge is -2.31. The second kappa shape index (κ2) is 46.4. The fourth-order valence-corrected chi connectivity index (χ4v) is 8.65. The number of hydrogen-bond donors (Lipinski definition) is 2. The van der Waals surface area contributed by atoms with Gasteiger partial charge in [0, 0.05) is 32.6 Å². The van der Waals surface area contributed by atoms with E-state index in [1.54, 1.807) is 14.7 Å². The Balaban J connectivity index is 6.19. The lowest BCUT2D eigenvalue weighted by atomic mass is 10.1. The number of amides is 5. The summed E-state index contributed by atoms with van der Waals surface area (Å²) in [7, 11) is 0. The number of unbranched alkanes of at least 4 members (excludes halogenated alkanes) is 30. The summed E-state index contributed by atoms with van der Waals surface area (Å²) in [6, 6.07) is 0. The van der Waals surface area contributed by atoms with Crippen molar-refractivity contribution in [1.82, 2.24) is 19.6 Å². The number of rotatable bonds is 49. The minimum absolute atomic E-state index is 0.00961. The number of nitrogens with zero attached hydrogens (tertiary/aromatic N) is 4. The van der Waals surface area contributed by atoms with E-state index in [0.717, 1.165) is 109 Å². The monoisotopic (exact) mass is 919 g/mol. The number of hydrogen-bond acceptors (Lipinski definition) is 6. The predicted octanol–water partition coefficient (Wildman–Crippen LogP) is 11.9. The van der Waals surface area contributed by atoms with Gasteiger partial charge in [-0.1, -0.05) is 214 Å². The summed E-state index contributed by atoms with van der Waals surface area (Å²) in [6.07, 6.45) is 38.7. The van der Waals surface area contributed by atoms with Crippen LogP contribution in [0, 0.1) is 0 Å². The second-order valence-electron chi connectivity index (χ2n) is 19.2. The van der Waals surface area contributed by atoms with Gasteiger partial charge in [0.2, 0.25) is 29.5 Å². The molecule has 0 aliphatic carbocycles. The summed E-state index contributed by atoms with van der Waals surface area (Å²) in [5.41, 5.74) is 11.4. The van der Waals surface area contributed by atoms with Gasteiger partial charge in [0.25, 0.3) is 0 Å². The van der Waals surface area contributed by atoms with Gasteiger partial charge in [-0.25, -0.2) is 0 Å². The maximum atomic E-state index is 14.5. The van der Waals surface area contributed by atoms with Gasteiger partial charge in [-0.3, -0.25) is 24.0 Å². The van der Waals surface area contributed by atoms with Crippen LogP contribution in [-0.2, 0) is 24.0 Å². The number of primary amides is 1. The van der Waals surface area contributed by atoms with Gasteiger partial charge in [0.15, 0.2) is 0 Å². The molecule has 0 aromatic rings. The zero-order chi connectivity index (χ0) is 48.0. The zero-order valence-corrected chi connectivity index (χ0v) is 43.3. The predicted molar refractivity (Wildman–Crippen MR) is 273 cm³/mol. The highest BCUT2D eigenvalue weighted by Crippen LogP contribution is 2.15. The van der Waals surface area contributed by atoms with Crippen LogP contribution in [0.2, 0.25) is 0 Å². The Bertz CT molecular complexity index is 1150. The van der Waals surface area contributed by atoms with Gasteiger partial charge < -0.3 is 31.1 Å². The molecule has 0 heterocycles. The van der Waals surface area contributed by atoms with Crippen LogP contribution in [0.4, 0.5) is 0 Å². The summed E-state index contributed by atoms with van der Waals surface area (Å²) in [5, 5.41) is 0. The zero-order valence-electron chi connectivity index (χ0n) is 43.3. The molecule has 382 valence electrons. The standard InChI is InChI=1S/C54H106N6O5/c1-5-9-13-17-21-25-29-36-42-57(46-50(56)61)52(63)48-59(44-38-31-27-23-19-15-11-7-3)54(65)49-60(45-39-32-28-24-20-16-12-8-4)53(64)47-58(51(62)40-34-33-35-41-55)43-37-30-26-22-18-14-10-6-2/h5-49,55H2,1-4H3,(H2,56,61). The molecule has 0 aromatic heterocycles. The summed E-state index contributed by atoms with van der Waals surface area (Å²) in [6.45, 7) is 10.8. The fourth-order valence-electron chi connectivity index (χ4n) is 8.65. The largest absolute Gasteiger partial charge is 0.368 e. The first-order chi connectivity index (χ1) is 31.6. The molecule has 0 aromatic carbocycles. The van der Waals surface area contributed by atoms with Crippen molar-refractivity contribution in [3.05, 3.63) is 0 Å². The summed E-state index contributed by atoms with van der Waals surface area (Å²) in [4.78, 5) is 75.2. The van der Waals surface area contributed by atoms with E-state index < -0.39 is 5.91 Å². The van der Waals surface area contributed by atoms with E-state index in [-0.39, 0.29) is 49.8 Å². The Morgan fingerprint density at radius 3 is 0.785 bits per heavy atom. The number of carbonyl (C=O) groups is 5. The van der Waals surface area contributed by atoms with Crippen molar-refractivity contribution < 1.29 is 24.0 Å². The van der Waals surface area contributed by atoms with E-state index in [2.05, 4.69) is 27.7 Å². The minimum Gasteiger partial charge on any atom is -0.368 e. The lowest BCUT2D eigenvalue weighted by Crippen LogP contribution is -2.50. The van der Waals surface area contributed by atoms with Crippen molar-refractivity contribution in [2.75, 3.05) is 58.9 Å². The van der Waals surface area contributed by atoms with E-state index in [4.69, 9.17) is 11.5 Å². The van der Waals surface area contributed by atoms with E-state index in [9.17, 15) is 24.0 Å². The highest BCUT2D eigenvalue weighted by atomic mass is 16.2. The first kappa shape index (κ1) is 62.3. The van der Waals surface area contributed by atoms with Crippen molar-refractivity contribution in [1.29, 1.82) is 0 Å². The Hall–Kier alpha value is -2.69. The van der Waals surface area contributed by atoms with Crippen LogP contribution in [0.1, 0.15) is 259 Å². The van der Waals surface area contributed by atoms with Crippen LogP contribution in [0.25, 0.3) is 0 Å². The number of carbonyl (C=O) groups excluding carboxylic acids is 5. The quantitative estimate of drug-likeness (QED) is 0.0580. The summed E-state index contributed by atoms with van der Waals surface area (Å²) in [5.74, 6) is -1.32. The van der Waals surface area contributed by atoms with E-state index in [0.29, 0.717) is 39.1 Å². The lowest BCUT2D eigenvalue weighted by molar-refractivity contribution is -0.146. The highest BCUT2D eigenvalue weighted by Gasteiger charge is 2.27.